The molecule has 1 aromatic heterocycles. The van der Waals surface area contributed by atoms with Gasteiger partial charge >= 0.3 is 0 Å². The molecule has 3 nitrogen and oxygen atoms in total. The molecular formula is C11H12N2O. The third-order valence-corrected chi connectivity index (χ3v) is 2.42. The first-order valence-corrected chi connectivity index (χ1v) is 4.51. The van der Waals surface area contributed by atoms with Gasteiger partial charge in [-0.05, 0) is 12.5 Å². The van der Waals surface area contributed by atoms with Crippen LogP contribution in [0.25, 0.3) is 11.1 Å². The first-order chi connectivity index (χ1) is 6.70. The minimum absolute atomic E-state index is 0.0313. The maximum absolute atomic E-state index is 11.6. The van der Waals surface area contributed by atoms with Crippen LogP contribution in [0.15, 0.2) is 35.1 Å². The maximum Gasteiger partial charge on any atom is 0.272 e. The zero-order chi connectivity index (χ0) is 10.1. The highest BCUT2D eigenvalue weighted by atomic mass is 16.1. The van der Waals surface area contributed by atoms with E-state index < -0.39 is 0 Å². The lowest BCUT2D eigenvalue weighted by Crippen LogP contribution is -2.03. The van der Waals surface area contributed by atoms with Gasteiger partial charge in [-0.3, -0.25) is 14.6 Å². The number of nitrogens with zero attached hydrogens (tertiary/aromatic N) is 1. The molecule has 0 aliphatic carbocycles. The zero-order valence-electron chi connectivity index (χ0n) is 8.24. The Morgan fingerprint density at radius 2 is 1.86 bits per heavy atom. The molecule has 1 aromatic carbocycles. The van der Waals surface area contributed by atoms with E-state index in [-0.39, 0.29) is 5.56 Å². The molecule has 0 amide bonds. The highest BCUT2D eigenvalue weighted by Crippen LogP contribution is 2.17. The number of rotatable bonds is 1. The summed E-state index contributed by atoms with van der Waals surface area (Å²) in [7, 11) is 1.84. The summed E-state index contributed by atoms with van der Waals surface area (Å²) in [6.07, 6.45) is 0. The Bertz CT molecular complexity index is 494. The molecule has 0 radical (unpaired) electrons. The van der Waals surface area contributed by atoms with E-state index in [1.165, 1.54) is 0 Å². The summed E-state index contributed by atoms with van der Waals surface area (Å²) in [6, 6.07) is 9.69. The normalized spacial score (nSPS) is 10.4. The molecule has 14 heavy (non-hydrogen) atoms. The Morgan fingerprint density at radius 1 is 1.21 bits per heavy atom. The van der Waals surface area contributed by atoms with Gasteiger partial charge in [-0.25, -0.2) is 0 Å². The zero-order valence-corrected chi connectivity index (χ0v) is 8.24. The summed E-state index contributed by atoms with van der Waals surface area (Å²) in [5.74, 6) is 0. The molecule has 0 fully saturated rings. The first-order valence-electron chi connectivity index (χ1n) is 4.51. The van der Waals surface area contributed by atoms with Crippen molar-refractivity contribution in [2.24, 2.45) is 7.05 Å². The molecule has 0 saturated heterocycles. The van der Waals surface area contributed by atoms with Crippen molar-refractivity contribution >= 4 is 0 Å². The third-order valence-electron chi connectivity index (χ3n) is 2.42. The van der Waals surface area contributed by atoms with E-state index >= 15 is 0 Å². The number of benzene rings is 1. The molecule has 2 aromatic rings. The largest absolute Gasteiger partial charge is 0.292 e. The second-order valence-corrected chi connectivity index (χ2v) is 3.33. The van der Waals surface area contributed by atoms with Crippen molar-refractivity contribution in [3.63, 3.8) is 0 Å². The predicted molar refractivity (Wildman–Crippen MR) is 56.2 cm³/mol. The van der Waals surface area contributed by atoms with Crippen LogP contribution in [0.2, 0.25) is 0 Å². The molecule has 72 valence electrons. The van der Waals surface area contributed by atoms with Gasteiger partial charge < -0.3 is 0 Å². The number of hydrogen-bond acceptors (Lipinski definition) is 1. The Kier molecular flexibility index (Phi) is 2.00. The summed E-state index contributed by atoms with van der Waals surface area (Å²) in [5.41, 5.74) is 2.65. The SMILES string of the molecule is Cc1c(-c2ccccc2)c(=O)[nH]n1C. The van der Waals surface area contributed by atoms with Crippen LogP contribution in [0.3, 0.4) is 0 Å². The quantitative estimate of drug-likeness (QED) is 0.726. The summed E-state index contributed by atoms with van der Waals surface area (Å²) in [4.78, 5) is 11.6. The Labute approximate surface area is 82.0 Å². The molecule has 1 N–H and O–H groups in total. The molecule has 0 saturated carbocycles. The molecule has 0 aliphatic heterocycles. The van der Waals surface area contributed by atoms with E-state index in [0.29, 0.717) is 0 Å². The number of aryl methyl sites for hydroxylation is 1. The Balaban J connectivity index is 2.69. The number of nitrogens with one attached hydrogen (secondary N) is 1. The van der Waals surface area contributed by atoms with Gasteiger partial charge in [-0.1, -0.05) is 30.3 Å². The molecular weight excluding hydrogens is 176 g/mol. The smallest absolute Gasteiger partial charge is 0.272 e. The monoisotopic (exact) mass is 188 g/mol. The van der Waals surface area contributed by atoms with Crippen LogP contribution in [0, 0.1) is 6.92 Å². The molecule has 0 aliphatic rings. The maximum atomic E-state index is 11.6. The van der Waals surface area contributed by atoms with Crippen molar-refractivity contribution < 1.29 is 0 Å². The van der Waals surface area contributed by atoms with Gasteiger partial charge in [0.2, 0.25) is 0 Å². The third kappa shape index (κ3) is 1.27. The van der Waals surface area contributed by atoms with Crippen LogP contribution in [-0.4, -0.2) is 9.78 Å². The predicted octanol–water partition coefficient (Wildman–Crippen LogP) is 1.69. The van der Waals surface area contributed by atoms with Crippen LogP contribution in [0.1, 0.15) is 5.69 Å². The summed E-state index contributed by atoms with van der Waals surface area (Å²) >= 11 is 0. The summed E-state index contributed by atoms with van der Waals surface area (Å²) in [6.45, 7) is 1.93. The van der Waals surface area contributed by atoms with E-state index in [9.17, 15) is 4.79 Å². The van der Waals surface area contributed by atoms with Gasteiger partial charge in [0.1, 0.15) is 0 Å². The van der Waals surface area contributed by atoms with Gasteiger partial charge in [0.15, 0.2) is 0 Å². The van der Waals surface area contributed by atoms with Crippen LogP contribution in [0.5, 0.6) is 0 Å². The number of hydrogen-bond donors (Lipinski definition) is 1. The molecule has 0 spiro atoms. The van der Waals surface area contributed by atoms with Crippen LogP contribution < -0.4 is 5.56 Å². The van der Waals surface area contributed by atoms with E-state index in [0.717, 1.165) is 16.8 Å². The Hall–Kier alpha value is -1.77. The minimum Gasteiger partial charge on any atom is -0.292 e. The number of aromatic amines is 1. The standard InChI is InChI=1S/C11H12N2O/c1-8-10(11(14)12-13(8)2)9-6-4-3-5-7-9/h3-7H,1-2H3,(H,12,14). The molecule has 0 unspecified atom stereocenters. The van der Waals surface area contributed by atoms with Gasteiger partial charge in [-0.15, -0.1) is 0 Å². The van der Waals surface area contributed by atoms with Crippen molar-refractivity contribution in [1.82, 2.24) is 9.78 Å². The van der Waals surface area contributed by atoms with Gasteiger partial charge in [0.25, 0.3) is 5.56 Å². The minimum atomic E-state index is -0.0313. The fourth-order valence-electron chi connectivity index (χ4n) is 1.57. The van der Waals surface area contributed by atoms with E-state index in [1.54, 1.807) is 4.68 Å². The van der Waals surface area contributed by atoms with Crippen molar-refractivity contribution in [1.29, 1.82) is 0 Å². The van der Waals surface area contributed by atoms with Crippen molar-refractivity contribution in [3.8, 4) is 11.1 Å². The second-order valence-electron chi connectivity index (χ2n) is 3.33. The lowest BCUT2D eigenvalue weighted by molar-refractivity contribution is 0.731. The van der Waals surface area contributed by atoms with Gasteiger partial charge in [0, 0.05) is 12.7 Å². The molecule has 2 rings (SSSR count). The van der Waals surface area contributed by atoms with Gasteiger partial charge in [-0.2, -0.15) is 0 Å². The topological polar surface area (TPSA) is 37.8 Å². The Morgan fingerprint density at radius 3 is 2.36 bits per heavy atom. The van der Waals surface area contributed by atoms with E-state index in [2.05, 4.69) is 5.10 Å². The lowest BCUT2D eigenvalue weighted by Gasteiger charge is -1.98. The van der Waals surface area contributed by atoms with Crippen LogP contribution in [0.4, 0.5) is 0 Å². The van der Waals surface area contributed by atoms with Crippen molar-refractivity contribution in [3.05, 3.63) is 46.4 Å². The summed E-state index contributed by atoms with van der Waals surface area (Å²) in [5, 5.41) is 2.74. The highest BCUT2D eigenvalue weighted by molar-refractivity contribution is 5.64. The molecule has 0 atom stereocenters. The highest BCUT2D eigenvalue weighted by Gasteiger charge is 2.09. The van der Waals surface area contributed by atoms with E-state index in [4.69, 9.17) is 0 Å². The number of aromatic nitrogens is 2. The molecule has 1 heterocycles. The van der Waals surface area contributed by atoms with Crippen molar-refractivity contribution in [2.45, 2.75) is 6.92 Å². The average molecular weight is 188 g/mol. The average Bonchev–Trinajstić information content (AvgIpc) is 2.43. The fourth-order valence-corrected chi connectivity index (χ4v) is 1.57. The second kappa shape index (κ2) is 3.18. The van der Waals surface area contributed by atoms with Crippen LogP contribution in [-0.2, 0) is 7.05 Å². The van der Waals surface area contributed by atoms with E-state index in [1.807, 2.05) is 44.3 Å². The molecule has 3 heteroatoms. The van der Waals surface area contributed by atoms with Gasteiger partial charge in [0.05, 0.1) is 5.56 Å². The lowest BCUT2D eigenvalue weighted by atomic mass is 10.1. The van der Waals surface area contributed by atoms with Crippen molar-refractivity contribution in [2.75, 3.05) is 0 Å². The number of H-pyrrole nitrogens is 1. The summed E-state index contributed by atoms with van der Waals surface area (Å²) < 4.78 is 1.74. The fraction of sp³-hybridized carbons (Fsp3) is 0.182. The first kappa shape index (κ1) is 8.81. The van der Waals surface area contributed by atoms with Crippen LogP contribution >= 0.6 is 0 Å². The molecule has 0 bridgehead atoms.